The predicted molar refractivity (Wildman–Crippen MR) is 80.9 cm³/mol. The average Bonchev–Trinajstić information content (AvgIpc) is 2.99. The van der Waals surface area contributed by atoms with Gasteiger partial charge in [-0.3, -0.25) is 0 Å². The highest BCUT2D eigenvalue weighted by atomic mass is 32.2. The number of thioether (sulfide) groups is 1. The standard InChI is InChI=1S/C13H16N4O3S/c1-18-10-5-9(6-11(19-2)12(10)20-3)7-15-17-8-14-16-13(17)21-4/h5-8H,1-4H3/b15-7+. The van der Waals surface area contributed by atoms with Crippen LogP contribution in [-0.4, -0.2) is 48.7 Å². The zero-order chi connectivity index (χ0) is 15.2. The van der Waals surface area contributed by atoms with Crippen molar-refractivity contribution in [2.75, 3.05) is 27.6 Å². The largest absolute Gasteiger partial charge is 0.493 e. The lowest BCUT2D eigenvalue weighted by molar-refractivity contribution is 0.324. The van der Waals surface area contributed by atoms with Gasteiger partial charge >= 0.3 is 0 Å². The Morgan fingerprint density at radius 1 is 1.14 bits per heavy atom. The summed E-state index contributed by atoms with van der Waals surface area (Å²) in [6, 6.07) is 3.63. The maximum absolute atomic E-state index is 5.30. The Morgan fingerprint density at radius 2 is 1.81 bits per heavy atom. The molecule has 0 bridgehead atoms. The van der Waals surface area contributed by atoms with Gasteiger partial charge in [-0.1, -0.05) is 11.8 Å². The number of hydrogen-bond acceptors (Lipinski definition) is 7. The molecule has 8 heteroatoms. The minimum atomic E-state index is 0.547. The van der Waals surface area contributed by atoms with E-state index in [9.17, 15) is 0 Å². The fourth-order valence-corrected chi connectivity index (χ4v) is 2.15. The van der Waals surface area contributed by atoms with E-state index in [1.807, 2.05) is 18.4 Å². The second-order valence-corrected chi connectivity index (χ2v) is 4.64. The van der Waals surface area contributed by atoms with Crippen molar-refractivity contribution in [2.24, 2.45) is 5.10 Å². The van der Waals surface area contributed by atoms with Crippen LogP contribution in [0.2, 0.25) is 0 Å². The topological polar surface area (TPSA) is 70.8 Å². The van der Waals surface area contributed by atoms with E-state index in [0.717, 1.165) is 5.56 Å². The van der Waals surface area contributed by atoms with Crippen LogP contribution in [0.15, 0.2) is 28.7 Å². The van der Waals surface area contributed by atoms with Crippen LogP contribution in [0.3, 0.4) is 0 Å². The minimum absolute atomic E-state index is 0.547. The van der Waals surface area contributed by atoms with E-state index in [1.54, 1.807) is 38.5 Å². The molecular weight excluding hydrogens is 292 g/mol. The Bertz CT molecular complexity index is 617. The van der Waals surface area contributed by atoms with Crippen molar-refractivity contribution in [1.29, 1.82) is 0 Å². The van der Waals surface area contributed by atoms with E-state index >= 15 is 0 Å². The first kappa shape index (κ1) is 15.2. The molecule has 1 aromatic carbocycles. The number of aromatic nitrogens is 3. The zero-order valence-corrected chi connectivity index (χ0v) is 13.0. The summed E-state index contributed by atoms with van der Waals surface area (Å²) in [4.78, 5) is 0. The van der Waals surface area contributed by atoms with E-state index in [4.69, 9.17) is 14.2 Å². The van der Waals surface area contributed by atoms with Crippen LogP contribution < -0.4 is 14.2 Å². The quantitative estimate of drug-likeness (QED) is 0.599. The number of hydrogen-bond donors (Lipinski definition) is 0. The SMILES string of the molecule is COc1cc(/C=N/n2cnnc2SC)cc(OC)c1OC. The molecule has 0 unspecified atom stereocenters. The van der Waals surface area contributed by atoms with Crippen molar-refractivity contribution in [2.45, 2.75) is 5.16 Å². The molecule has 0 fully saturated rings. The van der Waals surface area contributed by atoms with Gasteiger partial charge in [0.15, 0.2) is 11.5 Å². The molecule has 0 spiro atoms. The maximum atomic E-state index is 5.30. The zero-order valence-electron chi connectivity index (χ0n) is 12.2. The number of rotatable bonds is 6. The van der Waals surface area contributed by atoms with Crippen LogP contribution >= 0.6 is 11.8 Å². The summed E-state index contributed by atoms with van der Waals surface area (Å²) in [5.41, 5.74) is 0.810. The minimum Gasteiger partial charge on any atom is -0.493 e. The van der Waals surface area contributed by atoms with Crippen molar-refractivity contribution in [3.05, 3.63) is 24.0 Å². The second-order valence-electron chi connectivity index (χ2n) is 3.87. The first-order chi connectivity index (χ1) is 10.2. The van der Waals surface area contributed by atoms with Crippen molar-refractivity contribution in [1.82, 2.24) is 14.9 Å². The van der Waals surface area contributed by atoms with Crippen molar-refractivity contribution in [3.63, 3.8) is 0 Å². The Balaban J connectivity index is 2.36. The number of nitrogens with zero attached hydrogens (tertiary/aromatic N) is 4. The van der Waals surface area contributed by atoms with Gasteiger partial charge in [-0.25, -0.2) is 0 Å². The van der Waals surface area contributed by atoms with Gasteiger partial charge in [-0.15, -0.1) is 10.2 Å². The van der Waals surface area contributed by atoms with Crippen LogP contribution in [0.1, 0.15) is 5.56 Å². The fraction of sp³-hybridized carbons (Fsp3) is 0.308. The van der Waals surface area contributed by atoms with Gasteiger partial charge in [0.05, 0.1) is 27.5 Å². The number of ether oxygens (including phenoxy) is 3. The monoisotopic (exact) mass is 308 g/mol. The van der Waals surface area contributed by atoms with Gasteiger partial charge in [-0.2, -0.15) is 9.78 Å². The van der Waals surface area contributed by atoms with E-state index in [2.05, 4.69) is 15.3 Å². The molecule has 1 aromatic heterocycles. The van der Waals surface area contributed by atoms with E-state index in [0.29, 0.717) is 22.4 Å². The number of methoxy groups -OCH3 is 3. The van der Waals surface area contributed by atoms with E-state index in [-0.39, 0.29) is 0 Å². The molecule has 0 aliphatic carbocycles. The fourth-order valence-electron chi connectivity index (χ4n) is 1.74. The molecule has 2 aromatic rings. The molecule has 1 heterocycles. The maximum Gasteiger partial charge on any atom is 0.211 e. The van der Waals surface area contributed by atoms with Crippen molar-refractivity contribution in [3.8, 4) is 17.2 Å². The van der Waals surface area contributed by atoms with Crippen LogP contribution in [0.25, 0.3) is 0 Å². The third kappa shape index (κ3) is 3.27. The van der Waals surface area contributed by atoms with Gasteiger partial charge in [-0.05, 0) is 18.4 Å². The molecule has 0 amide bonds. The van der Waals surface area contributed by atoms with Crippen LogP contribution in [-0.2, 0) is 0 Å². The Kier molecular flexibility index (Phi) is 5.04. The lowest BCUT2D eigenvalue weighted by Gasteiger charge is -2.12. The molecule has 0 saturated carbocycles. The van der Waals surface area contributed by atoms with E-state index < -0.39 is 0 Å². The Labute approximate surface area is 126 Å². The molecule has 0 aliphatic heterocycles. The number of benzene rings is 1. The van der Waals surface area contributed by atoms with Gasteiger partial charge < -0.3 is 14.2 Å². The summed E-state index contributed by atoms with van der Waals surface area (Å²) in [6.45, 7) is 0. The van der Waals surface area contributed by atoms with E-state index in [1.165, 1.54) is 11.8 Å². The highest BCUT2D eigenvalue weighted by molar-refractivity contribution is 7.98. The lowest BCUT2D eigenvalue weighted by Crippen LogP contribution is -1.97. The molecule has 0 saturated heterocycles. The first-order valence-corrected chi connectivity index (χ1v) is 7.24. The molecule has 2 rings (SSSR count). The molecule has 21 heavy (non-hydrogen) atoms. The smallest absolute Gasteiger partial charge is 0.211 e. The predicted octanol–water partition coefficient (Wildman–Crippen LogP) is 1.91. The van der Waals surface area contributed by atoms with Gasteiger partial charge in [0.1, 0.15) is 6.33 Å². The molecule has 0 N–H and O–H groups in total. The van der Waals surface area contributed by atoms with Gasteiger partial charge in [0.25, 0.3) is 0 Å². The van der Waals surface area contributed by atoms with Crippen LogP contribution in [0.5, 0.6) is 17.2 Å². The molecule has 0 radical (unpaired) electrons. The summed E-state index contributed by atoms with van der Waals surface area (Å²) in [5.74, 6) is 1.70. The summed E-state index contributed by atoms with van der Waals surface area (Å²) < 4.78 is 17.5. The summed E-state index contributed by atoms with van der Waals surface area (Å²) in [6.07, 6.45) is 5.13. The molecule has 0 atom stereocenters. The summed E-state index contributed by atoms with van der Waals surface area (Å²) in [5, 5.41) is 12.8. The van der Waals surface area contributed by atoms with Gasteiger partial charge in [0.2, 0.25) is 10.9 Å². The summed E-state index contributed by atoms with van der Waals surface area (Å²) in [7, 11) is 4.71. The normalized spacial score (nSPS) is 10.9. The second kappa shape index (κ2) is 6.98. The molecule has 112 valence electrons. The summed E-state index contributed by atoms with van der Waals surface area (Å²) >= 11 is 1.46. The van der Waals surface area contributed by atoms with Crippen molar-refractivity contribution >= 4 is 18.0 Å². The molecule has 7 nitrogen and oxygen atoms in total. The average molecular weight is 308 g/mol. The molecular formula is C13H16N4O3S. The lowest BCUT2D eigenvalue weighted by atomic mass is 10.2. The molecule has 0 aliphatic rings. The van der Waals surface area contributed by atoms with Gasteiger partial charge in [0, 0.05) is 5.56 Å². The van der Waals surface area contributed by atoms with Crippen LogP contribution in [0.4, 0.5) is 0 Å². The van der Waals surface area contributed by atoms with Crippen LogP contribution in [0, 0.1) is 0 Å². The Morgan fingerprint density at radius 3 is 2.33 bits per heavy atom. The highest BCUT2D eigenvalue weighted by Crippen LogP contribution is 2.37. The first-order valence-electron chi connectivity index (χ1n) is 6.01. The third-order valence-electron chi connectivity index (χ3n) is 2.70. The third-order valence-corrected chi connectivity index (χ3v) is 3.33. The Hall–Kier alpha value is -2.22. The van der Waals surface area contributed by atoms with Crippen molar-refractivity contribution < 1.29 is 14.2 Å². The highest BCUT2D eigenvalue weighted by Gasteiger charge is 2.12.